The lowest BCUT2D eigenvalue weighted by atomic mass is 9.97. The molecule has 106 valence electrons. The first kappa shape index (κ1) is 13.5. The molecular formula is C16H19ClN2O. The molecule has 0 saturated heterocycles. The normalized spacial score (nSPS) is 15.8. The molecule has 0 unspecified atom stereocenters. The summed E-state index contributed by atoms with van der Waals surface area (Å²) in [5, 5.41) is 4.63. The molecule has 1 aromatic carbocycles. The summed E-state index contributed by atoms with van der Waals surface area (Å²) < 4.78 is 5.43. The Kier molecular flexibility index (Phi) is 3.97. The number of aryl methyl sites for hydroxylation is 1. The van der Waals surface area contributed by atoms with Crippen molar-refractivity contribution in [2.45, 2.75) is 38.5 Å². The third-order valence-electron chi connectivity index (χ3n) is 4.16. The second kappa shape index (κ2) is 5.88. The first-order valence-corrected chi connectivity index (χ1v) is 7.62. The van der Waals surface area contributed by atoms with Crippen molar-refractivity contribution in [2.24, 2.45) is 5.92 Å². The van der Waals surface area contributed by atoms with E-state index in [0.29, 0.717) is 10.8 Å². The lowest BCUT2D eigenvalue weighted by Gasteiger charge is -2.08. The minimum Gasteiger partial charge on any atom is -0.380 e. The van der Waals surface area contributed by atoms with Gasteiger partial charge in [-0.2, -0.15) is 0 Å². The Balaban J connectivity index is 1.81. The van der Waals surface area contributed by atoms with E-state index in [4.69, 9.17) is 21.9 Å². The largest absolute Gasteiger partial charge is 0.380 e. The number of anilines is 1. The lowest BCUT2D eigenvalue weighted by molar-refractivity contribution is 0.370. The van der Waals surface area contributed by atoms with Gasteiger partial charge in [0.2, 0.25) is 0 Å². The summed E-state index contributed by atoms with van der Waals surface area (Å²) in [5.74, 6) is 2.17. The number of benzene rings is 1. The maximum atomic E-state index is 6.06. The molecule has 0 spiro atoms. The Morgan fingerprint density at radius 2 is 2.10 bits per heavy atom. The van der Waals surface area contributed by atoms with Crippen LogP contribution in [0.15, 0.2) is 28.8 Å². The molecule has 20 heavy (non-hydrogen) atoms. The van der Waals surface area contributed by atoms with Crippen molar-refractivity contribution >= 4 is 17.4 Å². The van der Waals surface area contributed by atoms with Gasteiger partial charge in [0.15, 0.2) is 5.82 Å². The number of nitrogens with zero attached hydrogens (tertiary/aromatic N) is 1. The summed E-state index contributed by atoms with van der Waals surface area (Å²) in [6.45, 7) is 0. The quantitative estimate of drug-likeness (QED) is 0.888. The second-order valence-electron chi connectivity index (χ2n) is 5.57. The number of aromatic nitrogens is 1. The minimum absolute atomic E-state index is 0.452. The van der Waals surface area contributed by atoms with Crippen LogP contribution in [0, 0.1) is 5.92 Å². The topological polar surface area (TPSA) is 52.0 Å². The van der Waals surface area contributed by atoms with Gasteiger partial charge in [0.05, 0.1) is 5.56 Å². The van der Waals surface area contributed by atoms with Crippen molar-refractivity contribution in [3.05, 3.63) is 35.0 Å². The standard InChI is InChI=1S/C16H19ClN2O/c17-13-7-3-6-12(10-13)15-14(20-19-16(15)18)9-8-11-4-1-2-5-11/h3,6-7,10-11H,1-2,4-5,8-9H2,(H2,18,19). The van der Waals surface area contributed by atoms with Crippen LogP contribution in [0.2, 0.25) is 5.02 Å². The van der Waals surface area contributed by atoms with Gasteiger partial charge >= 0.3 is 0 Å². The van der Waals surface area contributed by atoms with Gasteiger partial charge in [0, 0.05) is 11.4 Å². The van der Waals surface area contributed by atoms with Crippen LogP contribution >= 0.6 is 11.6 Å². The molecule has 0 atom stereocenters. The smallest absolute Gasteiger partial charge is 0.175 e. The van der Waals surface area contributed by atoms with Gasteiger partial charge in [0.1, 0.15) is 5.76 Å². The van der Waals surface area contributed by atoms with Crippen LogP contribution < -0.4 is 5.73 Å². The molecule has 1 aliphatic rings. The first-order valence-electron chi connectivity index (χ1n) is 7.24. The Hall–Kier alpha value is -1.48. The average molecular weight is 291 g/mol. The van der Waals surface area contributed by atoms with Crippen LogP contribution in [0.25, 0.3) is 11.1 Å². The molecule has 1 fully saturated rings. The fraction of sp³-hybridized carbons (Fsp3) is 0.438. The van der Waals surface area contributed by atoms with E-state index in [1.165, 1.54) is 25.7 Å². The van der Waals surface area contributed by atoms with Gasteiger partial charge < -0.3 is 10.3 Å². The lowest BCUT2D eigenvalue weighted by Crippen LogP contribution is -1.97. The Morgan fingerprint density at radius 3 is 2.85 bits per heavy atom. The molecule has 0 bridgehead atoms. The van der Waals surface area contributed by atoms with Crippen LogP contribution in [0.3, 0.4) is 0 Å². The van der Waals surface area contributed by atoms with Crippen molar-refractivity contribution in [2.75, 3.05) is 5.73 Å². The first-order chi connectivity index (χ1) is 9.74. The van der Waals surface area contributed by atoms with E-state index < -0.39 is 0 Å². The summed E-state index contributed by atoms with van der Waals surface area (Å²) in [6.07, 6.45) is 7.47. The molecule has 3 rings (SSSR count). The van der Waals surface area contributed by atoms with Crippen LogP contribution in [0.4, 0.5) is 5.82 Å². The zero-order chi connectivity index (χ0) is 13.9. The molecule has 2 aromatic rings. The molecule has 4 heteroatoms. The van der Waals surface area contributed by atoms with E-state index in [1.807, 2.05) is 24.3 Å². The Morgan fingerprint density at radius 1 is 1.30 bits per heavy atom. The van der Waals surface area contributed by atoms with Gasteiger partial charge in [-0.15, -0.1) is 0 Å². The maximum absolute atomic E-state index is 6.06. The fourth-order valence-corrected chi connectivity index (χ4v) is 3.29. The van der Waals surface area contributed by atoms with E-state index in [9.17, 15) is 0 Å². The Labute approximate surface area is 124 Å². The van der Waals surface area contributed by atoms with Gasteiger partial charge in [-0.05, 0) is 30.0 Å². The molecule has 1 aromatic heterocycles. The van der Waals surface area contributed by atoms with Gasteiger partial charge in [-0.25, -0.2) is 0 Å². The summed E-state index contributed by atoms with van der Waals surface area (Å²) in [4.78, 5) is 0. The van der Waals surface area contributed by atoms with E-state index in [1.54, 1.807) is 0 Å². The minimum atomic E-state index is 0.452. The number of rotatable bonds is 4. The summed E-state index contributed by atoms with van der Waals surface area (Å²) in [5.41, 5.74) is 7.85. The van der Waals surface area contributed by atoms with Gasteiger partial charge in [-0.3, -0.25) is 0 Å². The molecule has 0 amide bonds. The summed E-state index contributed by atoms with van der Waals surface area (Å²) in [7, 11) is 0. The fourth-order valence-electron chi connectivity index (χ4n) is 3.10. The molecule has 1 heterocycles. The van der Waals surface area contributed by atoms with Crippen molar-refractivity contribution in [3.63, 3.8) is 0 Å². The number of hydrogen-bond acceptors (Lipinski definition) is 3. The van der Waals surface area contributed by atoms with E-state index in [2.05, 4.69) is 5.16 Å². The van der Waals surface area contributed by atoms with E-state index in [0.717, 1.165) is 35.6 Å². The zero-order valence-electron chi connectivity index (χ0n) is 11.4. The molecule has 1 aliphatic carbocycles. The highest BCUT2D eigenvalue weighted by Gasteiger charge is 2.20. The highest BCUT2D eigenvalue weighted by molar-refractivity contribution is 6.30. The van der Waals surface area contributed by atoms with Gasteiger partial charge in [0.25, 0.3) is 0 Å². The number of nitrogens with two attached hydrogens (primary N) is 1. The molecular weight excluding hydrogens is 272 g/mol. The number of hydrogen-bond donors (Lipinski definition) is 1. The molecule has 3 nitrogen and oxygen atoms in total. The van der Waals surface area contributed by atoms with Crippen molar-refractivity contribution in [1.29, 1.82) is 0 Å². The average Bonchev–Trinajstić information content (AvgIpc) is 3.06. The second-order valence-corrected chi connectivity index (χ2v) is 6.00. The van der Waals surface area contributed by atoms with Crippen LogP contribution in [0.1, 0.15) is 37.9 Å². The third-order valence-corrected chi connectivity index (χ3v) is 4.39. The third kappa shape index (κ3) is 2.83. The van der Waals surface area contributed by atoms with Crippen LogP contribution in [-0.2, 0) is 6.42 Å². The predicted molar refractivity (Wildman–Crippen MR) is 81.6 cm³/mol. The summed E-state index contributed by atoms with van der Waals surface area (Å²) >= 11 is 6.06. The predicted octanol–water partition coefficient (Wildman–Crippen LogP) is 4.70. The molecule has 1 saturated carbocycles. The van der Waals surface area contributed by atoms with E-state index in [-0.39, 0.29) is 0 Å². The van der Waals surface area contributed by atoms with Crippen molar-refractivity contribution in [3.8, 4) is 11.1 Å². The van der Waals surface area contributed by atoms with Crippen LogP contribution in [-0.4, -0.2) is 5.16 Å². The monoisotopic (exact) mass is 290 g/mol. The van der Waals surface area contributed by atoms with E-state index >= 15 is 0 Å². The molecule has 0 radical (unpaired) electrons. The molecule has 0 aliphatic heterocycles. The zero-order valence-corrected chi connectivity index (χ0v) is 12.2. The maximum Gasteiger partial charge on any atom is 0.175 e. The Bertz CT molecular complexity index is 588. The van der Waals surface area contributed by atoms with Gasteiger partial charge in [-0.1, -0.05) is 54.6 Å². The highest BCUT2D eigenvalue weighted by Crippen LogP contribution is 2.34. The van der Waals surface area contributed by atoms with Crippen molar-refractivity contribution in [1.82, 2.24) is 5.16 Å². The highest BCUT2D eigenvalue weighted by atomic mass is 35.5. The van der Waals surface area contributed by atoms with Crippen molar-refractivity contribution < 1.29 is 4.52 Å². The SMILES string of the molecule is Nc1noc(CCC2CCCC2)c1-c1cccc(Cl)c1. The summed E-state index contributed by atoms with van der Waals surface area (Å²) in [6, 6.07) is 7.68. The molecule has 2 N–H and O–H groups in total. The number of halogens is 1. The van der Waals surface area contributed by atoms with Crippen LogP contribution in [0.5, 0.6) is 0 Å². The number of nitrogen functional groups attached to an aromatic ring is 1.